The highest BCUT2D eigenvalue weighted by Gasteiger charge is 2.17. The molecule has 1 amide bonds. The highest BCUT2D eigenvalue weighted by atomic mass is 16.6. The Morgan fingerprint density at radius 3 is 2.62 bits per heavy atom. The fourth-order valence-corrected chi connectivity index (χ4v) is 1.98. The van der Waals surface area contributed by atoms with Gasteiger partial charge in [0, 0.05) is 6.07 Å². The lowest BCUT2D eigenvalue weighted by Crippen LogP contribution is -2.14. The number of benzene rings is 2. The van der Waals surface area contributed by atoms with Gasteiger partial charge in [0.1, 0.15) is 5.69 Å². The molecule has 0 bridgehead atoms. The van der Waals surface area contributed by atoms with Crippen LogP contribution in [0.25, 0.3) is 11.0 Å². The molecule has 7 nitrogen and oxygen atoms in total. The van der Waals surface area contributed by atoms with E-state index in [1.165, 1.54) is 18.2 Å². The number of aromatic amines is 1. The number of para-hydroxylation sites is 4. The average molecular weight is 282 g/mol. The number of nitrogens with one attached hydrogen (secondary N) is 2. The molecule has 2 N–H and O–H groups in total. The van der Waals surface area contributed by atoms with Crippen molar-refractivity contribution in [3.8, 4) is 0 Å². The quantitative estimate of drug-likeness (QED) is 0.569. The van der Waals surface area contributed by atoms with Gasteiger partial charge in [-0.15, -0.1) is 0 Å². The second-order valence-electron chi connectivity index (χ2n) is 4.33. The minimum absolute atomic E-state index is 0.106. The van der Waals surface area contributed by atoms with E-state index in [2.05, 4.69) is 15.3 Å². The highest BCUT2D eigenvalue weighted by molar-refractivity contribution is 6.04. The van der Waals surface area contributed by atoms with Crippen molar-refractivity contribution in [3.05, 3.63) is 64.5 Å². The molecule has 0 unspecified atom stereocenters. The third-order valence-electron chi connectivity index (χ3n) is 2.95. The molecule has 0 spiro atoms. The molecule has 1 aromatic heterocycles. The van der Waals surface area contributed by atoms with Gasteiger partial charge in [0.2, 0.25) is 0 Å². The van der Waals surface area contributed by atoms with Crippen LogP contribution in [0.2, 0.25) is 0 Å². The molecule has 0 saturated heterocycles. The zero-order chi connectivity index (χ0) is 14.8. The molecule has 3 aromatic rings. The fraction of sp³-hybridized carbons (Fsp3) is 0. The molecule has 0 atom stereocenters. The predicted octanol–water partition coefficient (Wildman–Crippen LogP) is 2.72. The third-order valence-corrected chi connectivity index (χ3v) is 2.95. The molecule has 1 heterocycles. The van der Waals surface area contributed by atoms with Crippen LogP contribution >= 0.6 is 0 Å². The second-order valence-corrected chi connectivity index (χ2v) is 4.33. The van der Waals surface area contributed by atoms with Crippen LogP contribution in [0.5, 0.6) is 0 Å². The van der Waals surface area contributed by atoms with Crippen LogP contribution in [-0.4, -0.2) is 20.8 Å². The second kappa shape index (κ2) is 5.04. The number of hydrogen-bond acceptors (Lipinski definition) is 4. The molecule has 104 valence electrons. The number of nitro groups is 1. The topological polar surface area (TPSA) is 101 Å². The predicted molar refractivity (Wildman–Crippen MR) is 77.1 cm³/mol. The van der Waals surface area contributed by atoms with E-state index < -0.39 is 10.8 Å². The number of hydrogen-bond donors (Lipinski definition) is 2. The number of H-pyrrole nitrogens is 1. The fourth-order valence-electron chi connectivity index (χ4n) is 1.98. The summed E-state index contributed by atoms with van der Waals surface area (Å²) in [4.78, 5) is 29.5. The largest absolute Gasteiger partial charge is 0.334 e. The van der Waals surface area contributed by atoms with E-state index in [1.807, 2.05) is 12.1 Å². The number of imidazole rings is 1. The molecule has 0 fully saturated rings. The van der Waals surface area contributed by atoms with Crippen molar-refractivity contribution in [1.82, 2.24) is 9.97 Å². The van der Waals surface area contributed by atoms with Crippen LogP contribution < -0.4 is 5.32 Å². The van der Waals surface area contributed by atoms with Crippen molar-refractivity contribution in [2.75, 3.05) is 5.32 Å². The lowest BCUT2D eigenvalue weighted by Gasteiger charge is -2.03. The maximum absolute atomic E-state index is 12.1. The first-order chi connectivity index (χ1) is 10.1. The molecule has 0 radical (unpaired) electrons. The first-order valence-corrected chi connectivity index (χ1v) is 6.14. The summed E-state index contributed by atoms with van der Waals surface area (Å²) >= 11 is 0. The standard InChI is InChI=1S/C14H10N4O3/c19-14(13-15-9-5-1-2-6-10(9)16-13)17-11-7-3-4-8-12(11)18(20)21/h1-8H,(H,15,16)(H,17,19). The SMILES string of the molecule is O=C(Nc1ccccc1[N+](=O)[O-])c1nc2ccccc2[nH]1. The van der Waals surface area contributed by atoms with E-state index >= 15 is 0 Å². The number of nitrogens with zero attached hydrogens (tertiary/aromatic N) is 2. The van der Waals surface area contributed by atoms with Gasteiger partial charge in [-0.25, -0.2) is 4.98 Å². The lowest BCUT2D eigenvalue weighted by atomic mass is 10.2. The summed E-state index contributed by atoms with van der Waals surface area (Å²) in [6.07, 6.45) is 0. The zero-order valence-corrected chi connectivity index (χ0v) is 10.7. The molecule has 2 aromatic carbocycles. The van der Waals surface area contributed by atoms with E-state index in [0.717, 1.165) is 5.52 Å². The van der Waals surface area contributed by atoms with Gasteiger partial charge in [-0.2, -0.15) is 0 Å². The van der Waals surface area contributed by atoms with E-state index in [1.54, 1.807) is 18.2 Å². The summed E-state index contributed by atoms with van der Waals surface area (Å²) in [7, 11) is 0. The Hall–Kier alpha value is -3.22. The zero-order valence-electron chi connectivity index (χ0n) is 10.7. The third kappa shape index (κ3) is 2.44. The first-order valence-electron chi connectivity index (χ1n) is 6.14. The molecular weight excluding hydrogens is 272 g/mol. The van der Waals surface area contributed by atoms with E-state index in [-0.39, 0.29) is 17.2 Å². The maximum atomic E-state index is 12.1. The van der Waals surface area contributed by atoms with Crippen LogP contribution in [-0.2, 0) is 0 Å². The van der Waals surface area contributed by atoms with Gasteiger partial charge in [-0.05, 0) is 18.2 Å². The molecule has 21 heavy (non-hydrogen) atoms. The van der Waals surface area contributed by atoms with E-state index in [4.69, 9.17) is 0 Å². The number of aromatic nitrogens is 2. The Morgan fingerprint density at radius 1 is 1.14 bits per heavy atom. The smallest absolute Gasteiger partial charge is 0.292 e. The van der Waals surface area contributed by atoms with Crippen molar-refractivity contribution in [3.63, 3.8) is 0 Å². The molecular formula is C14H10N4O3. The van der Waals surface area contributed by atoms with Crippen molar-refractivity contribution in [2.24, 2.45) is 0 Å². The Morgan fingerprint density at radius 2 is 1.86 bits per heavy atom. The minimum atomic E-state index is -0.547. The summed E-state index contributed by atoms with van der Waals surface area (Å²) < 4.78 is 0. The first kappa shape index (κ1) is 12.8. The van der Waals surface area contributed by atoms with Crippen LogP contribution in [0.15, 0.2) is 48.5 Å². The Bertz CT molecular complexity index is 808. The van der Waals surface area contributed by atoms with Crippen LogP contribution in [0.4, 0.5) is 11.4 Å². The summed E-state index contributed by atoms with van der Waals surface area (Å²) in [6, 6.07) is 13.2. The van der Waals surface area contributed by atoms with E-state index in [9.17, 15) is 14.9 Å². The number of carbonyl (C=O) groups excluding carboxylic acids is 1. The van der Waals surface area contributed by atoms with Gasteiger partial charge >= 0.3 is 0 Å². The summed E-state index contributed by atoms with van der Waals surface area (Å²) in [5.41, 5.74) is 1.35. The molecule has 3 rings (SSSR count). The summed E-state index contributed by atoms with van der Waals surface area (Å²) in [6.45, 7) is 0. The van der Waals surface area contributed by atoms with Crippen molar-refractivity contribution in [2.45, 2.75) is 0 Å². The molecule has 0 aliphatic heterocycles. The Labute approximate surface area is 118 Å². The minimum Gasteiger partial charge on any atom is -0.334 e. The van der Waals surface area contributed by atoms with Crippen LogP contribution in [0.3, 0.4) is 0 Å². The number of anilines is 1. The van der Waals surface area contributed by atoms with Gasteiger partial charge in [-0.1, -0.05) is 24.3 Å². The summed E-state index contributed by atoms with van der Waals surface area (Å²) in [5, 5.41) is 13.4. The number of carbonyl (C=O) groups is 1. The van der Waals surface area contributed by atoms with Gasteiger partial charge in [0.25, 0.3) is 11.6 Å². The van der Waals surface area contributed by atoms with E-state index in [0.29, 0.717) is 5.52 Å². The molecule has 0 saturated carbocycles. The number of fused-ring (bicyclic) bond motifs is 1. The highest BCUT2D eigenvalue weighted by Crippen LogP contribution is 2.23. The van der Waals surface area contributed by atoms with Crippen molar-refractivity contribution >= 4 is 28.3 Å². The maximum Gasteiger partial charge on any atom is 0.292 e. The van der Waals surface area contributed by atoms with Gasteiger partial charge in [0.05, 0.1) is 16.0 Å². The monoisotopic (exact) mass is 282 g/mol. The Kier molecular flexibility index (Phi) is 3.07. The van der Waals surface area contributed by atoms with Gasteiger partial charge in [-0.3, -0.25) is 14.9 Å². The number of nitro benzene ring substituents is 1. The Balaban J connectivity index is 1.91. The lowest BCUT2D eigenvalue weighted by molar-refractivity contribution is -0.383. The molecule has 0 aliphatic rings. The van der Waals surface area contributed by atoms with Crippen LogP contribution in [0, 0.1) is 10.1 Å². The van der Waals surface area contributed by atoms with Crippen molar-refractivity contribution in [1.29, 1.82) is 0 Å². The molecule has 7 heteroatoms. The van der Waals surface area contributed by atoms with Gasteiger partial charge < -0.3 is 10.3 Å². The normalized spacial score (nSPS) is 10.5. The number of rotatable bonds is 3. The average Bonchev–Trinajstić information content (AvgIpc) is 2.91. The van der Waals surface area contributed by atoms with Gasteiger partial charge in [0.15, 0.2) is 5.82 Å². The summed E-state index contributed by atoms with van der Waals surface area (Å²) in [5.74, 6) is -0.421. The van der Waals surface area contributed by atoms with Crippen molar-refractivity contribution < 1.29 is 9.72 Å². The molecule has 0 aliphatic carbocycles. The van der Waals surface area contributed by atoms with Crippen LogP contribution in [0.1, 0.15) is 10.6 Å². The number of amides is 1.